The number of thiophene rings is 1. The molecule has 1 fully saturated rings. The standard InChI is InChI=1S/C20H24N2O5S2/c1-3-15-13-17(20(24)27-4-2)19(28-15)21-18(23)14-8-7-9-16(12-14)29(25,26)22-10-5-6-11-22/h7-9,12-13H,3-6,10-11H2,1-2H3,(H,21,23). The minimum Gasteiger partial charge on any atom is -0.462 e. The van der Waals surface area contributed by atoms with E-state index in [0.29, 0.717) is 23.7 Å². The molecule has 1 aliphatic rings. The van der Waals surface area contributed by atoms with Crippen LogP contribution in [0.4, 0.5) is 5.00 Å². The lowest BCUT2D eigenvalue weighted by Crippen LogP contribution is -2.28. The van der Waals surface area contributed by atoms with Crippen molar-refractivity contribution in [2.24, 2.45) is 0 Å². The first-order valence-corrected chi connectivity index (χ1v) is 11.8. The summed E-state index contributed by atoms with van der Waals surface area (Å²) in [5.74, 6) is -0.970. The highest BCUT2D eigenvalue weighted by atomic mass is 32.2. The van der Waals surface area contributed by atoms with Gasteiger partial charge in [-0.3, -0.25) is 4.79 Å². The van der Waals surface area contributed by atoms with Gasteiger partial charge < -0.3 is 10.1 Å². The molecule has 3 rings (SSSR count). The highest BCUT2D eigenvalue weighted by Gasteiger charge is 2.28. The number of rotatable bonds is 7. The van der Waals surface area contributed by atoms with Crippen LogP contribution in [-0.2, 0) is 21.2 Å². The number of carbonyl (C=O) groups excluding carboxylic acids is 2. The average molecular weight is 437 g/mol. The van der Waals surface area contributed by atoms with E-state index >= 15 is 0 Å². The molecule has 0 atom stereocenters. The molecule has 7 nitrogen and oxygen atoms in total. The van der Waals surface area contributed by atoms with Crippen molar-refractivity contribution in [1.29, 1.82) is 0 Å². The first-order valence-electron chi connectivity index (χ1n) is 9.58. The van der Waals surface area contributed by atoms with Crippen molar-refractivity contribution < 1.29 is 22.7 Å². The molecule has 0 bridgehead atoms. The number of benzene rings is 1. The van der Waals surface area contributed by atoms with Crippen LogP contribution in [0.3, 0.4) is 0 Å². The minimum atomic E-state index is -3.61. The van der Waals surface area contributed by atoms with E-state index in [0.717, 1.165) is 24.1 Å². The predicted octanol–water partition coefficient (Wildman–Crippen LogP) is 3.52. The molecule has 1 saturated heterocycles. The van der Waals surface area contributed by atoms with Crippen LogP contribution in [0.15, 0.2) is 35.2 Å². The van der Waals surface area contributed by atoms with Crippen LogP contribution in [0.2, 0.25) is 0 Å². The Morgan fingerprint density at radius 1 is 1.17 bits per heavy atom. The molecule has 0 radical (unpaired) electrons. The first-order chi connectivity index (χ1) is 13.9. The Balaban J connectivity index is 1.85. The number of hydrogen-bond acceptors (Lipinski definition) is 6. The molecule has 1 aromatic carbocycles. The number of hydrogen-bond donors (Lipinski definition) is 1. The third-order valence-electron chi connectivity index (χ3n) is 4.65. The smallest absolute Gasteiger partial charge is 0.341 e. The molecule has 1 aromatic heterocycles. The average Bonchev–Trinajstić information content (AvgIpc) is 3.38. The fraction of sp³-hybridized carbons (Fsp3) is 0.400. The minimum absolute atomic E-state index is 0.0955. The number of sulfonamides is 1. The van der Waals surface area contributed by atoms with Crippen LogP contribution in [0, 0.1) is 0 Å². The van der Waals surface area contributed by atoms with Gasteiger partial charge in [0, 0.05) is 23.5 Å². The number of nitrogens with zero attached hydrogens (tertiary/aromatic N) is 1. The van der Waals surface area contributed by atoms with E-state index in [9.17, 15) is 18.0 Å². The summed E-state index contributed by atoms with van der Waals surface area (Å²) in [7, 11) is -3.61. The fourth-order valence-electron chi connectivity index (χ4n) is 3.12. The summed E-state index contributed by atoms with van der Waals surface area (Å²) < 4.78 is 32.0. The van der Waals surface area contributed by atoms with Crippen molar-refractivity contribution in [3.8, 4) is 0 Å². The maximum absolute atomic E-state index is 12.8. The summed E-state index contributed by atoms with van der Waals surface area (Å²) in [6, 6.07) is 7.69. The Labute approximate surface area is 174 Å². The maximum atomic E-state index is 12.8. The second kappa shape index (κ2) is 9.06. The molecule has 1 N–H and O–H groups in total. The normalized spacial score (nSPS) is 14.7. The Morgan fingerprint density at radius 2 is 1.90 bits per heavy atom. The molecule has 1 aliphatic heterocycles. The molecule has 0 aliphatic carbocycles. The van der Waals surface area contributed by atoms with Gasteiger partial charge in [-0.1, -0.05) is 13.0 Å². The Bertz CT molecular complexity index is 1010. The number of carbonyl (C=O) groups is 2. The van der Waals surface area contributed by atoms with Gasteiger partial charge in [0.2, 0.25) is 10.0 Å². The summed E-state index contributed by atoms with van der Waals surface area (Å²) in [4.78, 5) is 26.0. The van der Waals surface area contributed by atoms with E-state index in [1.807, 2.05) is 6.92 Å². The van der Waals surface area contributed by atoms with Crippen molar-refractivity contribution in [1.82, 2.24) is 4.31 Å². The summed E-state index contributed by atoms with van der Waals surface area (Å²) in [6.45, 7) is 4.90. The molecule has 2 heterocycles. The van der Waals surface area contributed by atoms with E-state index in [1.54, 1.807) is 25.1 Å². The van der Waals surface area contributed by atoms with Gasteiger partial charge in [-0.15, -0.1) is 11.3 Å². The van der Waals surface area contributed by atoms with Gasteiger partial charge in [0.1, 0.15) is 5.00 Å². The predicted molar refractivity (Wildman–Crippen MR) is 112 cm³/mol. The summed E-state index contributed by atoms with van der Waals surface area (Å²) in [5, 5.41) is 3.14. The van der Waals surface area contributed by atoms with Gasteiger partial charge in [-0.2, -0.15) is 4.31 Å². The highest BCUT2D eigenvalue weighted by Crippen LogP contribution is 2.30. The van der Waals surface area contributed by atoms with Crippen LogP contribution >= 0.6 is 11.3 Å². The summed E-state index contributed by atoms with van der Waals surface area (Å²) >= 11 is 1.31. The molecule has 0 saturated carbocycles. The van der Waals surface area contributed by atoms with Crippen molar-refractivity contribution >= 4 is 38.2 Å². The SMILES string of the molecule is CCOC(=O)c1cc(CC)sc1NC(=O)c1cccc(S(=O)(=O)N2CCCC2)c1. The number of nitrogens with one attached hydrogen (secondary N) is 1. The van der Waals surface area contributed by atoms with Crippen LogP contribution in [0.1, 0.15) is 52.3 Å². The second-order valence-corrected chi connectivity index (χ2v) is 9.70. The first kappa shape index (κ1) is 21.5. The van der Waals surface area contributed by atoms with E-state index in [4.69, 9.17) is 4.74 Å². The second-order valence-electron chi connectivity index (χ2n) is 6.62. The Kier molecular flexibility index (Phi) is 6.71. The Hall–Kier alpha value is -2.23. The third-order valence-corrected chi connectivity index (χ3v) is 7.74. The summed E-state index contributed by atoms with van der Waals surface area (Å²) in [6.07, 6.45) is 2.40. The van der Waals surface area contributed by atoms with Gasteiger partial charge in [0.05, 0.1) is 17.1 Å². The van der Waals surface area contributed by atoms with Crippen molar-refractivity contribution in [2.45, 2.75) is 38.0 Å². The lowest BCUT2D eigenvalue weighted by Gasteiger charge is -2.16. The highest BCUT2D eigenvalue weighted by molar-refractivity contribution is 7.89. The summed E-state index contributed by atoms with van der Waals surface area (Å²) in [5.41, 5.74) is 0.523. The molecule has 9 heteroatoms. The zero-order chi connectivity index (χ0) is 21.0. The van der Waals surface area contributed by atoms with Crippen LogP contribution in [-0.4, -0.2) is 44.3 Å². The lowest BCUT2D eigenvalue weighted by atomic mass is 10.2. The molecule has 2 aromatic rings. The topological polar surface area (TPSA) is 92.8 Å². The molecule has 0 unspecified atom stereocenters. The van der Waals surface area contributed by atoms with Gasteiger partial charge in [-0.05, 0) is 50.5 Å². The van der Waals surface area contributed by atoms with Crippen LogP contribution < -0.4 is 5.32 Å². The fourth-order valence-corrected chi connectivity index (χ4v) is 5.66. The quantitative estimate of drug-likeness (QED) is 0.671. The number of aryl methyl sites for hydroxylation is 1. The molecular weight excluding hydrogens is 412 g/mol. The van der Waals surface area contributed by atoms with Gasteiger partial charge in [0.15, 0.2) is 0 Å². The molecular formula is C20H24N2O5S2. The zero-order valence-corrected chi connectivity index (χ0v) is 18.1. The Morgan fingerprint density at radius 3 is 2.55 bits per heavy atom. The number of esters is 1. The number of anilines is 1. The van der Waals surface area contributed by atoms with Gasteiger partial charge in [-0.25, -0.2) is 13.2 Å². The number of ether oxygens (including phenoxy) is 1. The number of amides is 1. The van der Waals surface area contributed by atoms with Crippen LogP contribution in [0.25, 0.3) is 0 Å². The molecule has 29 heavy (non-hydrogen) atoms. The third kappa shape index (κ3) is 4.68. The molecule has 0 spiro atoms. The maximum Gasteiger partial charge on any atom is 0.341 e. The van der Waals surface area contributed by atoms with Crippen molar-refractivity contribution in [3.05, 3.63) is 46.3 Å². The van der Waals surface area contributed by atoms with Gasteiger partial charge in [0.25, 0.3) is 5.91 Å². The van der Waals surface area contributed by atoms with E-state index in [-0.39, 0.29) is 17.1 Å². The van der Waals surface area contributed by atoms with E-state index < -0.39 is 21.9 Å². The van der Waals surface area contributed by atoms with E-state index in [1.165, 1.54) is 27.8 Å². The van der Waals surface area contributed by atoms with Gasteiger partial charge >= 0.3 is 5.97 Å². The molecule has 156 valence electrons. The zero-order valence-electron chi connectivity index (χ0n) is 16.4. The van der Waals surface area contributed by atoms with Crippen LogP contribution in [0.5, 0.6) is 0 Å². The van der Waals surface area contributed by atoms with Crippen molar-refractivity contribution in [2.75, 3.05) is 25.0 Å². The van der Waals surface area contributed by atoms with Crippen molar-refractivity contribution in [3.63, 3.8) is 0 Å². The lowest BCUT2D eigenvalue weighted by molar-refractivity contribution is 0.0528. The van der Waals surface area contributed by atoms with E-state index in [2.05, 4.69) is 5.32 Å². The monoisotopic (exact) mass is 436 g/mol. The molecule has 1 amide bonds. The largest absolute Gasteiger partial charge is 0.462 e.